The molecule has 0 N–H and O–H groups in total. The van der Waals surface area contributed by atoms with Crippen molar-refractivity contribution in [2.24, 2.45) is 0 Å². The van der Waals surface area contributed by atoms with E-state index in [-0.39, 0.29) is 0 Å². The van der Waals surface area contributed by atoms with E-state index in [4.69, 9.17) is 0 Å². The Morgan fingerprint density at radius 1 is 0.765 bits per heavy atom. The second kappa shape index (κ2) is 13.8. The van der Waals surface area contributed by atoms with E-state index < -0.39 is 0 Å². The van der Waals surface area contributed by atoms with Gasteiger partial charge in [0.2, 0.25) is 0 Å². The molecule has 0 atom stereocenters. The molecule has 0 bridgehead atoms. The molecule has 0 rings (SSSR count). The van der Waals surface area contributed by atoms with Gasteiger partial charge >= 0.3 is 0 Å². The van der Waals surface area contributed by atoms with E-state index in [2.05, 4.69) is 37.8 Å². The first-order chi connectivity index (χ1) is 8.35. The van der Waals surface area contributed by atoms with Crippen molar-refractivity contribution in [3.05, 3.63) is 12.2 Å². The van der Waals surface area contributed by atoms with Crippen LogP contribution in [0.5, 0.6) is 0 Å². The molecule has 17 heavy (non-hydrogen) atoms. The fourth-order valence-electron chi connectivity index (χ4n) is 2.19. The van der Waals surface area contributed by atoms with Gasteiger partial charge in [0.1, 0.15) is 0 Å². The van der Waals surface area contributed by atoms with Gasteiger partial charge in [-0.15, -0.1) is 0 Å². The van der Waals surface area contributed by atoms with Gasteiger partial charge in [-0.1, -0.05) is 58.1 Å². The molecule has 0 heterocycles. The minimum atomic E-state index is 1.21. The summed E-state index contributed by atoms with van der Waals surface area (Å²) in [6.07, 6.45) is 15.6. The molecular weight excluding hydrogens is 206 g/mol. The molecule has 102 valence electrons. The first-order valence-electron chi connectivity index (χ1n) is 7.68. The van der Waals surface area contributed by atoms with Gasteiger partial charge < -0.3 is 4.90 Å². The predicted molar refractivity (Wildman–Crippen MR) is 79.5 cm³/mol. The summed E-state index contributed by atoms with van der Waals surface area (Å²) in [5, 5.41) is 0. The van der Waals surface area contributed by atoms with Crippen LogP contribution in [0.3, 0.4) is 0 Å². The van der Waals surface area contributed by atoms with E-state index in [1.54, 1.807) is 0 Å². The average Bonchev–Trinajstić information content (AvgIpc) is 2.36. The summed E-state index contributed by atoms with van der Waals surface area (Å²) < 4.78 is 0. The van der Waals surface area contributed by atoms with E-state index in [0.717, 1.165) is 0 Å². The molecule has 0 radical (unpaired) electrons. The Morgan fingerprint density at radius 3 is 1.82 bits per heavy atom. The highest BCUT2D eigenvalue weighted by atomic mass is 15.1. The van der Waals surface area contributed by atoms with Gasteiger partial charge in [-0.05, 0) is 45.8 Å². The lowest BCUT2D eigenvalue weighted by atomic mass is 10.1. The highest BCUT2D eigenvalue weighted by Crippen LogP contribution is 2.09. The van der Waals surface area contributed by atoms with Crippen LogP contribution < -0.4 is 0 Å². The molecule has 0 aromatic rings. The van der Waals surface area contributed by atoms with E-state index >= 15 is 0 Å². The van der Waals surface area contributed by atoms with Crippen LogP contribution >= 0.6 is 0 Å². The van der Waals surface area contributed by atoms with Crippen molar-refractivity contribution in [2.45, 2.75) is 72.1 Å². The molecule has 0 amide bonds. The normalized spacial score (nSPS) is 11.8. The van der Waals surface area contributed by atoms with E-state index in [1.807, 2.05) is 0 Å². The van der Waals surface area contributed by atoms with Crippen molar-refractivity contribution in [3.63, 3.8) is 0 Å². The summed E-state index contributed by atoms with van der Waals surface area (Å²) in [4.78, 5) is 2.52. The van der Waals surface area contributed by atoms with Crippen molar-refractivity contribution in [3.8, 4) is 0 Å². The lowest BCUT2D eigenvalue weighted by Gasteiger charge is -2.17. The minimum absolute atomic E-state index is 1.21. The Balaban J connectivity index is 3.08. The zero-order valence-electron chi connectivity index (χ0n) is 12.4. The zero-order chi connectivity index (χ0) is 12.8. The molecule has 0 saturated heterocycles. The maximum Gasteiger partial charge on any atom is -0.00190 e. The lowest BCUT2D eigenvalue weighted by Crippen LogP contribution is -2.23. The zero-order valence-corrected chi connectivity index (χ0v) is 12.4. The Labute approximate surface area is 109 Å². The van der Waals surface area contributed by atoms with Crippen LogP contribution in [0.4, 0.5) is 0 Å². The fourth-order valence-corrected chi connectivity index (χ4v) is 2.19. The highest BCUT2D eigenvalue weighted by Gasteiger charge is 1.97. The number of unbranched alkanes of at least 4 members (excludes halogenated alkanes) is 7. The molecule has 0 aromatic heterocycles. The van der Waals surface area contributed by atoms with Crippen LogP contribution in [0.25, 0.3) is 0 Å². The molecule has 0 spiro atoms. The van der Waals surface area contributed by atoms with E-state index in [9.17, 15) is 0 Å². The van der Waals surface area contributed by atoms with Gasteiger partial charge in [-0.2, -0.15) is 0 Å². The van der Waals surface area contributed by atoms with Crippen LogP contribution in [0.15, 0.2) is 12.2 Å². The van der Waals surface area contributed by atoms with Gasteiger partial charge in [-0.25, -0.2) is 0 Å². The number of allylic oxidation sites excluding steroid dienone is 2. The van der Waals surface area contributed by atoms with Crippen molar-refractivity contribution >= 4 is 0 Å². The van der Waals surface area contributed by atoms with E-state index in [0.29, 0.717) is 0 Å². The topological polar surface area (TPSA) is 3.24 Å². The standard InChI is InChI=1S/C16H33N/c1-4-7-8-9-10-11-12-13-14-15-16-17(5-2)6-3/h4,7H,5-6,8-16H2,1-3H3. The van der Waals surface area contributed by atoms with Crippen molar-refractivity contribution in [1.82, 2.24) is 4.90 Å². The molecule has 0 fully saturated rings. The number of hydrogen-bond acceptors (Lipinski definition) is 1. The molecule has 0 unspecified atom stereocenters. The molecule has 1 heteroatoms. The van der Waals surface area contributed by atoms with Gasteiger partial charge in [0, 0.05) is 0 Å². The summed E-state index contributed by atoms with van der Waals surface area (Å²) in [6, 6.07) is 0. The van der Waals surface area contributed by atoms with Crippen LogP contribution in [0, 0.1) is 0 Å². The smallest absolute Gasteiger partial charge is 0.00190 e. The van der Waals surface area contributed by atoms with E-state index in [1.165, 1.54) is 71.0 Å². The molecule has 0 aromatic carbocycles. The third-order valence-electron chi connectivity index (χ3n) is 3.48. The van der Waals surface area contributed by atoms with Gasteiger partial charge in [-0.3, -0.25) is 0 Å². The maximum absolute atomic E-state index is 2.52. The summed E-state index contributed by atoms with van der Waals surface area (Å²) in [6.45, 7) is 10.3. The monoisotopic (exact) mass is 239 g/mol. The molecule has 0 aliphatic heterocycles. The summed E-state index contributed by atoms with van der Waals surface area (Å²) in [5.41, 5.74) is 0. The Bertz CT molecular complexity index is 159. The highest BCUT2D eigenvalue weighted by molar-refractivity contribution is 4.76. The second-order valence-corrected chi connectivity index (χ2v) is 4.86. The molecular formula is C16H33N. The van der Waals surface area contributed by atoms with Crippen LogP contribution in [0.1, 0.15) is 72.1 Å². The van der Waals surface area contributed by atoms with Crippen molar-refractivity contribution in [2.75, 3.05) is 19.6 Å². The largest absolute Gasteiger partial charge is 0.304 e. The Morgan fingerprint density at radius 2 is 1.29 bits per heavy atom. The third-order valence-corrected chi connectivity index (χ3v) is 3.48. The van der Waals surface area contributed by atoms with Crippen molar-refractivity contribution in [1.29, 1.82) is 0 Å². The molecule has 0 aliphatic rings. The molecule has 0 saturated carbocycles. The minimum Gasteiger partial charge on any atom is -0.304 e. The van der Waals surface area contributed by atoms with Gasteiger partial charge in [0.15, 0.2) is 0 Å². The number of hydrogen-bond donors (Lipinski definition) is 0. The lowest BCUT2D eigenvalue weighted by molar-refractivity contribution is 0.295. The SMILES string of the molecule is CC=CCCCCCCCCCN(CC)CC. The molecule has 0 aliphatic carbocycles. The predicted octanol–water partition coefficient (Wildman–Crippen LogP) is 5.03. The van der Waals surface area contributed by atoms with Gasteiger partial charge in [0.05, 0.1) is 0 Å². The summed E-state index contributed by atoms with van der Waals surface area (Å²) in [7, 11) is 0. The Kier molecular flexibility index (Phi) is 13.5. The first-order valence-corrected chi connectivity index (χ1v) is 7.68. The average molecular weight is 239 g/mol. The quantitative estimate of drug-likeness (QED) is 0.341. The van der Waals surface area contributed by atoms with Gasteiger partial charge in [0.25, 0.3) is 0 Å². The van der Waals surface area contributed by atoms with Crippen LogP contribution in [-0.2, 0) is 0 Å². The van der Waals surface area contributed by atoms with Crippen molar-refractivity contribution < 1.29 is 0 Å². The summed E-state index contributed by atoms with van der Waals surface area (Å²) >= 11 is 0. The maximum atomic E-state index is 2.52. The van der Waals surface area contributed by atoms with Crippen LogP contribution in [0.2, 0.25) is 0 Å². The fraction of sp³-hybridized carbons (Fsp3) is 0.875. The first kappa shape index (κ1) is 16.7. The third kappa shape index (κ3) is 12.0. The van der Waals surface area contributed by atoms with Crippen LogP contribution in [-0.4, -0.2) is 24.5 Å². The number of rotatable bonds is 12. The molecule has 1 nitrogen and oxygen atoms in total. The number of nitrogens with zero attached hydrogens (tertiary/aromatic N) is 1. The summed E-state index contributed by atoms with van der Waals surface area (Å²) in [5.74, 6) is 0. The Hall–Kier alpha value is -0.300. The second-order valence-electron chi connectivity index (χ2n) is 4.86.